The molecular formula is C13H19ClN2O2. The zero-order valence-corrected chi connectivity index (χ0v) is 11.8. The first-order valence-corrected chi connectivity index (χ1v) is 6.75. The number of hydrogen-bond donors (Lipinski definition) is 0. The Kier molecular flexibility index (Phi) is 4.54. The van der Waals surface area contributed by atoms with E-state index in [4.69, 9.17) is 21.1 Å². The number of hydrogen-bond acceptors (Lipinski definition) is 4. The van der Waals surface area contributed by atoms with E-state index in [9.17, 15) is 0 Å². The fourth-order valence-corrected chi connectivity index (χ4v) is 2.33. The Bertz CT molecular complexity index is 424. The Morgan fingerprint density at radius 1 is 1.39 bits per heavy atom. The lowest BCUT2D eigenvalue weighted by atomic mass is 10.1. The number of halogens is 1. The van der Waals surface area contributed by atoms with Crippen molar-refractivity contribution in [1.82, 2.24) is 9.97 Å². The van der Waals surface area contributed by atoms with Gasteiger partial charge in [-0.15, -0.1) is 0 Å². The van der Waals surface area contributed by atoms with Crippen LogP contribution in [0.15, 0.2) is 0 Å². The Labute approximate surface area is 113 Å². The van der Waals surface area contributed by atoms with E-state index in [0.717, 1.165) is 17.7 Å². The van der Waals surface area contributed by atoms with Crippen LogP contribution in [0.3, 0.4) is 0 Å². The molecule has 0 amide bonds. The van der Waals surface area contributed by atoms with E-state index in [1.165, 1.54) is 0 Å². The van der Waals surface area contributed by atoms with Crippen molar-refractivity contribution in [2.75, 3.05) is 13.2 Å². The quantitative estimate of drug-likeness (QED) is 0.789. The van der Waals surface area contributed by atoms with Gasteiger partial charge in [0.25, 0.3) is 0 Å². The van der Waals surface area contributed by atoms with Gasteiger partial charge in [0.15, 0.2) is 5.82 Å². The normalized spacial score (nSPS) is 16.7. The number of nitrogens with zero attached hydrogens (tertiary/aromatic N) is 2. The van der Waals surface area contributed by atoms with Crippen LogP contribution in [0.25, 0.3) is 0 Å². The molecular weight excluding hydrogens is 252 g/mol. The molecule has 0 aromatic carbocycles. The third kappa shape index (κ3) is 2.82. The molecule has 1 aromatic heterocycles. The van der Waals surface area contributed by atoms with Gasteiger partial charge < -0.3 is 9.47 Å². The summed E-state index contributed by atoms with van der Waals surface area (Å²) in [6.45, 7) is 8.02. The second-order valence-electron chi connectivity index (χ2n) is 4.72. The van der Waals surface area contributed by atoms with Gasteiger partial charge in [0.1, 0.15) is 11.3 Å². The molecule has 0 fully saturated rings. The summed E-state index contributed by atoms with van der Waals surface area (Å²) in [4.78, 5) is 8.99. The van der Waals surface area contributed by atoms with E-state index in [-0.39, 0.29) is 6.10 Å². The summed E-state index contributed by atoms with van der Waals surface area (Å²) >= 11 is 6.21. The maximum atomic E-state index is 6.21. The highest BCUT2D eigenvalue weighted by molar-refractivity contribution is 6.30. The topological polar surface area (TPSA) is 44.2 Å². The largest absolute Gasteiger partial charge is 0.376 e. The average Bonchev–Trinajstić information content (AvgIpc) is 2.35. The molecule has 18 heavy (non-hydrogen) atoms. The minimum absolute atomic E-state index is 0.0966. The first kappa shape index (κ1) is 13.7. The third-order valence-corrected chi connectivity index (χ3v) is 3.31. The fraction of sp³-hybridized carbons (Fsp3) is 0.692. The molecule has 0 saturated carbocycles. The van der Waals surface area contributed by atoms with E-state index >= 15 is 0 Å². The molecule has 1 aliphatic heterocycles. The molecule has 2 rings (SSSR count). The lowest BCUT2D eigenvalue weighted by Gasteiger charge is -2.23. The van der Waals surface area contributed by atoms with Crippen LogP contribution in [-0.2, 0) is 22.5 Å². The Morgan fingerprint density at radius 3 is 2.83 bits per heavy atom. The van der Waals surface area contributed by atoms with Crippen LogP contribution >= 0.6 is 11.6 Å². The van der Waals surface area contributed by atoms with E-state index in [1.54, 1.807) is 0 Å². The van der Waals surface area contributed by atoms with Crippen LogP contribution < -0.4 is 0 Å². The summed E-state index contributed by atoms with van der Waals surface area (Å²) < 4.78 is 11.1. The molecule has 5 heteroatoms. The first-order valence-electron chi connectivity index (χ1n) is 6.38. The highest BCUT2D eigenvalue weighted by atomic mass is 35.5. The third-order valence-electron chi connectivity index (χ3n) is 3.00. The van der Waals surface area contributed by atoms with Crippen molar-refractivity contribution < 1.29 is 9.47 Å². The summed E-state index contributed by atoms with van der Waals surface area (Å²) in [7, 11) is 0. The van der Waals surface area contributed by atoms with Crippen LogP contribution in [0.2, 0.25) is 5.15 Å². The van der Waals surface area contributed by atoms with Crippen molar-refractivity contribution in [2.45, 2.75) is 39.9 Å². The van der Waals surface area contributed by atoms with Crippen molar-refractivity contribution >= 4 is 11.6 Å². The van der Waals surface area contributed by atoms with Crippen LogP contribution in [0.1, 0.15) is 44.0 Å². The molecule has 2 heterocycles. The number of ether oxygens (including phenoxy) is 2. The van der Waals surface area contributed by atoms with Crippen molar-refractivity contribution in [3.63, 3.8) is 0 Å². The van der Waals surface area contributed by atoms with E-state index in [2.05, 4.69) is 23.8 Å². The van der Waals surface area contributed by atoms with Gasteiger partial charge in [-0.1, -0.05) is 25.4 Å². The predicted molar refractivity (Wildman–Crippen MR) is 69.6 cm³/mol. The van der Waals surface area contributed by atoms with Crippen molar-refractivity contribution in [3.05, 3.63) is 22.2 Å². The highest BCUT2D eigenvalue weighted by Crippen LogP contribution is 2.28. The summed E-state index contributed by atoms with van der Waals surface area (Å²) in [5.41, 5.74) is 1.92. The molecule has 1 aromatic rings. The Balaban J connectivity index is 2.35. The smallest absolute Gasteiger partial charge is 0.159 e. The van der Waals surface area contributed by atoms with Gasteiger partial charge in [-0.2, -0.15) is 0 Å². The molecule has 0 N–H and O–H groups in total. The van der Waals surface area contributed by atoms with Gasteiger partial charge in [0.2, 0.25) is 0 Å². The summed E-state index contributed by atoms with van der Waals surface area (Å²) in [6, 6.07) is 0. The number of rotatable bonds is 4. The molecule has 0 aliphatic carbocycles. The van der Waals surface area contributed by atoms with Gasteiger partial charge in [0, 0.05) is 18.6 Å². The molecule has 100 valence electrons. The van der Waals surface area contributed by atoms with Crippen LogP contribution in [0.4, 0.5) is 0 Å². The van der Waals surface area contributed by atoms with Crippen molar-refractivity contribution in [3.8, 4) is 0 Å². The average molecular weight is 271 g/mol. The minimum Gasteiger partial charge on any atom is -0.376 e. The van der Waals surface area contributed by atoms with Crippen LogP contribution in [-0.4, -0.2) is 23.2 Å². The lowest BCUT2D eigenvalue weighted by Crippen LogP contribution is -2.20. The molecule has 1 unspecified atom stereocenters. The van der Waals surface area contributed by atoms with Crippen LogP contribution in [0.5, 0.6) is 0 Å². The molecule has 1 atom stereocenters. The van der Waals surface area contributed by atoms with E-state index < -0.39 is 0 Å². The highest BCUT2D eigenvalue weighted by Gasteiger charge is 2.23. The summed E-state index contributed by atoms with van der Waals surface area (Å²) in [5.74, 6) is 1.01. The molecule has 0 bridgehead atoms. The molecule has 4 nitrogen and oxygen atoms in total. The second-order valence-corrected chi connectivity index (χ2v) is 5.08. The van der Waals surface area contributed by atoms with Crippen LogP contribution in [0, 0.1) is 5.92 Å². The van der Waals surface area contributed by atoms with Crippen molar-refractivity contribution in [1.29, 1.82) is 0 Å². The zero-order chi connectivity index (χ0) is 13.1. The molecule has 0 saturated heterocycles. The molecule has 0 radical (unpaired) electrons. The van der Waals surface area contributed by atoms with Crippen molar-refractivity contribution in [2.24, 2.45) is 5.92 Å². The summed E-state index contributed by atoms with van der Waals surface area (Å²) in [6.07, 6.45) is 0.697. The monoisotopic (exact) mass is 270 g/mol. The van der Waals surface area contributed by atoms with Gasteiger partial charge in [-0.3, -0.25) is 0 Å². The van der Waals surface area contributed by atoms with Gasteiger partial charge in [-0.05, 0) is 12.8 Å². The predicted octanol–water partition coefficient (Wildman–Crippen LogP) is 2.94. The first-order chi connectivity index (χ1) is 8.63. The van der Waals surface area contributed by atoms with E-state index in [1.807, 2.05) is 6.92 Å². The van der Waals surface area contributed by atoms with Gasteiger partial charge in [-0.25, -0.2) is 9.97 Å². The SMILES string of the molecule is CCOC(c1nc(Cl)c2c(n1)CCOC2)C(C)C. The van der Waals surface area contributed by atoms with E-state index in [0.29, 0.717) is 36.7 Å². The molecule has 0 spiro atoms. The standard InChI is InChI=1S/C13H19ClN2O2/c1-4-18-11(8(2)3)13-15-10-5-6-17-7-9(10)12(14)16-13/h8,11H,4-7H2,1-3H3. The minimum atomic E-state index is -0.0966. The van der Waals surface area contributed by atoms with Gasteiger partial charge >= 0.3 is 0 Å². The Hall–Kier alpha value is -0.710. The maximum Gasteiger partial charge on any atom is 0.159 e. The van der Waals surface area contributed by atoms with Gasteiger partial charge in [0.05, 0.1) is 18.9 Å². The summed E-state index contributed by atoms with van der Waals surface area (Å²) in [5, 5.41) is 0.500. The molecule has 1 aliphatic rings. The lowest BCUT2D eigenvalue weighted by molar-refractivity contribution is 0.0225. The maximum absolute atomic E-state index is 6.21. The number of fused-ring (bicyclic) bond motifs is 1. The second kappa shape index (κ2) is 5.95. The number of aromatic nitrogens is 2. The fourth-order valence-electron chi connectivity index (χ4n) is 2.08. The Morgan fingerprint density at radius 2 is 2.17 bits per heavy atom. The zero-order valence-electron chi connectivity index (χ0n) is 11.1.